The van der Waals surface area contributed by atoms with Crippen molar-refractivity contribution < 1.29 is 11.0 Å². The molecule has 0 aromatic heterocycles. The summed E-state index contributed by atoms with van der Waals surface area (Å²) in [5.41, 5.74) is 4.94. The lowest BCUT2D eigenvalue weighted by Crippen LogP contribution is -2.36. The second kappa shape index (κ2) is 9.68. The lowest BCUT2D eigenvalue weighted by molar-refractivity contribution is -0.113. The van der Waals surface area contributed by atoms with Gasteiger partial charge >= 0.3 is 0 Å². The van der Waals surface area contributed by atoms with Crippen LogP contribution in [-0.4, -0.2) is 43.7 Å². The third-order valence-electron chi connectivity index (χ3n) is 1.75. The zero-order valence-corrected chi connectivity index (χ0v) is 9.74. The van der Waals surface area contributed by atoms with Crippen molar-refractivity contribution in [3.05, 3.63) is 12.2 Å². The Hall–Kier alpha value is -0.870. The van der Waals surface area contributed by atoms with Crippen LogP contribution in [0.4, 0.5) is 0 Å². The molecule has 0 aliphatic carbocycles. The van der Waals surface area contributed by atoms with Crippen LogP contribution in [0.25, 0.3) is 0 Å². The van der Waals surface area contributed by atoms with Gasteiger partial charge in [-0.1, -0.05) is 26.3 Å². The minimum Gasteiger partial charge on any atom is -0.379 e. The van der Waals surface area contributed by atoms with Gasteiger partial charge in [-0.2, -0.15) is 0 Å². The molecule has 0 aromatic rings. The maximum atomic E-state index is 10.3. The highest BCUT2D eigenvalue weighted by Gasteiger charge is 2.07. The van der Waals surface area contributed by atoms with Crippen LogP contribution in [0.3, 0.4) is 0 Å². The van der Waals surface area contributed by atoms with E-state index in [1.165, 1.54) is 12.5 Å². The Morgan fingerprint density at radius 1 is 1.47 bits per heavy atom. The molecular formula is C11H24N2O2. The summed E-state index contributed by atoms with van der Waals surface area (Å²) in [6.45, 7) is 8.47. The SMILES string of the molecule is CCC.NC(=O)/C=C/CN1CCOCC1.[HH]. The molecule has 0 radical (unpaired) electrons. The van der Waals surface area contributed by atoms with Gasteiger partial charge in [0.15, 0.2) is 0 Å². The first kappa shape index (κ1) is 14.1. The van der Waals surface area contributed by atoms with Gasteiger partial charge in [0.2, 0.25) is 5.91 Å². The van der Waals surface area contributed by atoms with Gasteiger partial charge in [0.05, 0.1) is 13.2 Å². The van der Waals surface area contributed by atoms with Crippen LogP contribution in [-0.2, 0) is 9.53 Å². The molecule has 1 aliphatic heterocycles. The van der Waals surface area contributed by atoms with E-state index in [-0.39, 0.29) is 7.33 Å². The third-order valence-corrected chi connectivity index (χ3v) is 1.75. The molecule has 0 atom stereocenters. The molecule has 0 aromatic carbocycles. The minimum absolute atomic E-state index is 0. The maximum Gasteiger partial charge on any atom is 0.241 e. The van der Waals surface area contributed by atoms with Crippen LogP contribution < -0.4 is 5.73 Å². The molecule has 4 heteroatoms. The molecule has 0 bridgehead atoms. The zero-order valence-electron chi connectivity index (χ0n) is 9.74. The quantitative estimate of drug-likeness (QED) is 0.717. The molecule has 1 aliphatic rings. The van der Waals surface area contributed by atoms with Crippen molar-refractivity contribution >= 4 is 5.91 Å². The van der Waals surface area contributed by atoms with Gasteiger partial charge in [0.1, 0.15) is 0 Å². The summed E-state index contributed by atoms with van der Waals surface area (Å²) in [5.74, 6) is -0.386. The topological polar surface area (TPSA) is 55.6 Å². The number of hydrogen-bond donors (Lipinski definition) is 1. The fourth-order valence-corrected chi connectivity index (χ4v) is 1.10. The molecule has 0 unspecified atom stereocenters. The van der Waals surface area contributed by atoms with E-state index >= 15 is 0 Å². The Labute approximate surface area is 93.6 Å². The lowest BCUT2D eigenvalue weighted by Gasteiger charge is -2.24. The summed E-state index contributed by atoms with van der Waals surface area (Å²) >= 11 is 0. The second-order valence-electron chi connectivity index (χ2n) is 3.42. The molecule has 1 saturated heterocycles. The van der Waals surface area contributed by atoms with E-state index in [1.807, 2.05) is 0 Å². The van der Waals surface area contributed by atoms with Gasteiger partial charge in [-0.25, -0.2) is 0 Å². The zero-order chi connectivity index (χ0) is 11.5. The summed E-state index contributed by atoms with van der Waals surface area (Å²) in [4.78, 5) is 12.5. The van der Waals surface area contributed by atoms with Crippen molar-refractivity contribution in [2.45, 2.75) is 20.3 Å². The third kappa shape index (κ3) is 9.43. The summed E-state index contributed by atoms with van der Waals surface area (Å²) in [7, 11) is 0. The van der Waals surface area contributed by atoms with E-state index in [2.05, 4.69) is 18.7 Å². The van der Waals surface area contributed by atoms with E-state index in [1.54, 1.807) is 6.08 Å². The molecule has 90 valence electrons. The molecule has 0 spiro atoms. The molecule has 2 N–H and O–H groups in total. The highest BCUT2D eigenvalue weighted by Crippen LogP contribution is 1.95. The predicted octanol–water partition coefficient (Wildman–Crippen LogP) is 1.02. The van der Waals surface area contributed by atoms with Crippen molar-refractivity contribution in [3.8, 4) is 0 Å². The molecule has 0 saturated carbocycles. The number of nitrogens with two attached hydrogens (primary N) is 1. The molecule has 15 heavy (non-hydrogen) atoms. The number of carbonyl (C=O) groups is 1. The van der Waals surface area contributed by atoms with Gasteiger partial charge in [-0.05, 0) is 6.08 Å². The largest absolute Gasteiger partial charge is 0.379 e. The van der Waals surface area contributed by atoms with Gasteiger partial charge in [0.25, 0.3) is 0 Å². The standard InChI is InChI=1S/C8H14N2O2.C3H8.H2/c9-8(11)2-1-3-10-4-6-12-7-5-10;1-3-2;/h1-2H,3-7H2,(H2,9,11);3H2,1-2H3;1H/b2-1+;;. The first-order valence-corrected chi connectivity index (χ1v) is 5.46. The summed E-state index contributed by atoms with van der Waals surface area (Å²) in [6, 6.07) is 0. The Bertz CT molecular complexity index is 192. The molecule has 1 rings (SSSR count). The summed E-state index contributed by atoms with van der Waals surface area (Å²) in [6.07, 6.45) is 4.43. The van der Waals surface area contributed by atoms with Crippen LogP contribution in [0, 0.1) is 0 Å². The van der Waals surface area contributed by atoms with Crippen molar-refractivity contribution in [1.82, 2.24) is 4.90 Å². The van der Waals surface area contributed by atoms with Crippen LogP contribution in [0.15, 0.2) is 12.2 Å². The average Bonchev–Trinajstić information content (AvgIpc) is 2.20. The monoisotopic (exact) mass is 216 g/mol. The number of primary amides is 1. The van der Waals surface area contributed by atoms with Crippen molar-refractivity contribution in [2.24, 2.45) is 5.73 Å². The smallest absolute Gasteiger partial charge is 0.241 e. The first-order valence-electron chi connectivity index (χ1n) is 5.46. The average molecular weight is 216 g/mol. The highest BCUT2D eigenvalue weighted by atomic mass is 16.5. The number of morpholine rings is 1. The Morgan fingerprint density at radius 2 is 2.00 bits per heavy atom. The lowest BCUT2D eigenvalue weighted by atomic mass is 10.4. The van der Waals surface area contributed by atoms with E-state index in [9.17, 15) is 4.79 Å². The number of hydrogen-bond acceptors (Lipinski definition) is 3. The van der Waals surface area contributed by atoms with E-state index in [0.717, 1.165) is 32.8 Å². The highest BCUT2D eigenvalue weighted by molar-refractivity contribution is 5.85. The van der Waals surface area contributed by atoms with Crippen LogP contribution in [0.5, 0.6) is 0 Å². The van der Waals surface area contributed by atoms with Crippen LogP contribution in [0.2, 0.25) is 0 Å². The molecular weight excluding hydrogens is 192 g/mol. The number of rotatable bonds is 3. The Morgan fingerprint density at radius 3 is 2.47 bits per heavy atom. The molecule has 1 heterocycles. The van der Waals surface area contributed by atoms with Gasteiger partial charge < -0.3 is 10.5 Å². The normalized spacial score (nSPS) is 17.2. The van der Waals surface area contributed by atoms with Gasteiger partial charge in [-0.15, -0.1) is 0 Å². The van der Waals surface area contributed by atoms with E-state index in [4.69, 9.17) is 10.5 Å². The molecule has 1 amide bonds. The predicted molar refractivity (Wildman–Crippen MR) is 63.7 cm³/mol. The van der Waals surface area contributed by atoms with E-state index in [0.29, 0.717) is 0 Å². The maximum absolute atomic E-state index is 10.3. The van der Waals surface area contributed by atoms with Crippen LogP contribution >= 0.6 is 0 Å². The Kier molecular flexibility index (Phi) is 9.11. The summed E-state index contributed by atoms with van der Waals surface area (Å²) in [5, 5.41) is 0. The van der Waals surface area contributed by atoms with Gasteiger partial charge in [-0.3, -0.25) is 9.69 Å². The Balaban J connectivity index is 0. The summed E-state index contributed by atoms with van der Waals surface area (Å²) < 4.78 is 5.17. The van der Waals surface area contributed by atoms with Gasteiger partial charge in [0, 0.05) is 21.1 Å². The number of ether oxygens (including phenoxy) is 1. The van der Waals surface area contributed by atoms with Crippen LogP contribution in [0.1, 0.15) is 21.7 Å². The number of amides is 1. The molecule has 4 nitrogen and oxygen atoms in total. The van der Waals surface area contributed by atoms with E-state index < -0.39 is 0 Å². The fraction of sp³-hybridized carbons (Fsp3) is 0.727. The fourth-order valence-electron chi connectivity index (χ4n) is 1.10. The number of carbonyl (C=O) groups excluding carboxylic acids is 1. The minimum atomic E-state index is -0.386. The second-order valence-corrected chi connectivity index (χ2v) is 3.42. The van der Waals surface area contributed by atoms with Crippen molar-refractivity contribution in [2.75, 3.05) is 32.8 Å². The first-order chi connectivity index (χ1) is 7.20. The number of nitrogens with zero attached hydrogens (tertiary/aromatic N) is 1. The van der Waals surface area contributed by atoms with Crippen molar-refractivity contribution in [3.63, 3.8) is 0 Å². The van der Waals surface area contributed by atoms with Crippen molar-refractivity contribution in [1.29, 1.82) is 0 Å². The molecule has 1 fully saturated rings.